The molecule has 0 N–H and O–H groups in total. The smallest absolute Gasteiger partial charge is 0.238 e. The van der Waals surface area contributed by atoms with E-state index in [4.69, 9.17) is 9.47 Å². The van der Waals surface area contributed by atoms with Crippen LogP contribution in [0.2, 0.25) is 0 Å². The molecule has 5 heteroatoms. The van der Waals surface area contributed by atoms with Gasteiger partial charge in [0.15, 0.2) is 11.5 Å². The molecule has 3 aromatic rings. The third kappa shape index (κ3) is 1.91. The fourth-order valence-corrected chi connectivity index (χ4v) is 6.81. The van der Waals surface area contributed by atoms with Gasteiger partial charge in [-0.25, -0.2) is 4.90 Å². The van der Waals surface area contributed by atoms with Gasteiger partial charge in [-0.1, -0.05) is 55.5 Å². The van der Waals surface area contributed by atoms with Crippen LogP contribution in [-0.4, -0.2) is 18.6 Å². The highest BCUT2D eigenvalue weighted by Gasteiger charge is 2.67. The van der Waals surface area contributed by atoms with Crippen LogP contribution in [0, 0.1) is 11.8 Å². The number of fused-ring (bicyclic) bond motifs is 1. The molecule has 0 unspecified atom stereocenters. The van der Waals surface area contributed by atoms with Gasteiger partial charge in [0.2, 0.25) is 18.6 Å². The lowest BCUT2D eigenvalue weighted by Gasteiger charge is -2.54. The molecule has 0 spiro atoms. The molecule has 2 heterocycles. The van der Waals surface area contributed by atoms with Crippen LogP contribution >= 0.6 is 0 Å². The molecule has 8 rings (SSSR count). The molecule has 3 aliphatic carbocycles. The minimum atomic E-state index is -0.509. The Hall–Kier alpha value is -3.60. The topological polar surface area (TPSA) is 55.8 Å². The maximum Gasteiger partial charge on any atom is 0.238 e. The number of imide groups is 1. The van der Waals surface area contributed by atoms with E-state index in [0.717, 1.165) is 6.42 Å². The van der Waals surface area contributed by atoms with Crippen molar-refractivity contribution >= 4 is 17.5 Å². The normalized spacial score (nSPS) is 28.5. The Balaban J connectivity index is 1.47. The highest BCUT2D eigenvalue weighted by Crippen LogP contribution is 2.65. The molecular weight excluding hydrogens is 402 g/mol. The maximum absolute atomic E-state index is 14.1. The van der Waals surface area contributed by atoms with Crippen LogP contribution in [0.1, 0.15) is 41.5 Å². The van der Waals surface area contributed by atoms with E-state index in [2.05, 4.69) is 31.2 Å². The van der Waals surface area contributed by atoms with Crippen molar-refractivity contribution in [2.24, 2.45) is 11.8 Å². The zero-order chi connectivity index (χ0) is 21.6. The highest BCUT2D eigenvalue weighted by molar-refractivity contribution is 6.23. The van der Waals surface area contributed by atoms with Gasteiger partial charge in [-0.3, -0.25) is 9.59 Å². The molecular formula is C27H21NO4. The van der Waals surface area contributed by atoms with Crippen molar-refractivity contribution in [3.63, 3.8) is 0 Å². The minimum absolute atomic E-state index is 0.115. The molecule has 0 saturated carbocycles. The molecule has 32 heavy (non-hydrogen) atoms. The number of benzene rings is 3. The average Bonchev–Trinajstić information content (AvgIpc) is 3.41. The predicted molar refractivity (Wildman–Crippen MR) is 118 cm³/mol. The van der Waals surface area contributed by atoms with Crippen molar-refractivity contribution in [2.75, 3.05) is 11.7 Å². The number of amides is 2. The van der Waals surface area contributed by atoms with Crippen LogP contribution in [0.15, 0.2) is 66.7 Å². The summed E-state index contributed by atoms with van der Waals surface area (Å²) in [7, 11) is 0. The number of rotatable bonds is 2. The molecule has 5 nitrogen and oxygen atoms in total. The van der Waals surface area contributed by atoms with Gasteiger partial charge in [-0.2, -0.15) is 0 Å². The quantitative estimate of drug-likeness (QED) is 0.574. The molecule has 0 radical (unpaired) electrons. The zero-order valence-corrected chi connectivity index (χ0v) is 17.6. The standard InChI is InChI=1S/C27H21NO4/c1-2-27-18-9-5-3-7-16(18)22(17-8-4-6-10-19(17)27)23-24(27)26(30)28(25(23)29)15-11-12-20-21(13-15)32-14-31-20/h3-13,22-24H,2,14H2,1H3/t22?,23-,24-,27?/m1/s1. The lowest BCUT2D eigenvalue weighted by atomic mass is 9.46. The van der Waals surface area contributed by atoms with E-state index in [1.807, 2.05) is 24.3 Å². The van der Waals surface area contributed by atoms with Crippen LogP contribution in [0.25, 0.3) is 0 Å². The number of nitrogens with zero attached hydrogens (tertiary/aromatic N) is 1. The molecule has 2 aliphatic heterocycles. The number of ether oxygens (including phenoxy) is 2. The Bertz CT molecular complexity index is 1280. The Kier molecular flexibility index (Phi) is 3.38. The SMILES string of the molecule is CCC12c3ccccc3C(c3ccccc31)[C@H]1C(=O)N(c3ccc4c(c3)OCO4)C(=O)[C@@H]12. The fraction of sp³-hybridized carbons (Fsp3) is 0.259. The van der Waals surface area contributed by atoms with Crippen LogP contribution in [0.5, 0.6) is 11.5 Å². The first-order valence-corrected chi connectivity index (χ1v) is 11.1. The van der Waals surface area contributed by atoms with E-state index in [-0.39, 0.29) is 24.5 Å². The highest BCUT2D eigenvalue weighted by atomic mass is 16.7. The number of carbonyl (C=O) groups excluding carboxylic acids is 2. The van der Waals surface area contributed by atoms with E-state index in [9.17, 15) is 9.59 Å². The lowest BCUT2D eigenvalue weighted by Crippen LogP contribution is -2.53. The van der Waals surface area contributed by atoms with E-state index >= 15 is 0 Å². The van der Waals surface area contributed by atoms with Gasteiger partial charge in [0.05, 0.1) is 17.5 Å². The van der Waals surface area contributed by atoms with Gasteiger partial charge in [0, 0.05) is 17.4 Å². The molecule has 1 fully saturated rings. The number of anilines is 1. The van der Waals surface area contributed by atoms with Crippen molar-refractivity contribution in [3.05, 3.63) is 89.0 Å². The summed E-state index contributed by atoms with van der Waals surface area (Å²) in [5.74, 6) is 0.0301. The summed E-state index contributed by atoms with van der Waals surface area (Å²) in [6, 6.07) is 22.0. The molecule has 3 aromatic carbocycles. The Morgan fingerprint density at radius 2 is 1.53 bits per heavy atom. The van der Waals surface area contributed by atoms with Gasteiger partial charge in [0.1, 0.15) is 0 Å². The second-order valence-corrected chi connectivity index (χ2v) is 9.03. The molecule has 2 bridgehead atoms. The van der Waals surface area contributed by atoms with Crippen LogP contribution in [0.4, 0.5) is 5.69 Å². The summed E-state index contributed by atoms with van der Waals surface area (Å²) in [5.41, 5.74) is 4.80. The average molecular weight is 423 g/mol. The molecule has 1 saturated heterocycles. The molecule has 2 atom stereocenters. The maximum atomic E-state index is 14.1. The Morgan fingerprint density at radius 1 is 0.875 bits per heavy atom. The first-order valence-electron chi connectivity index (χ1n) is 11.1. The first-order chi connectivity index (χ1) is 15.7. The number of carbonyl (C=O) groups is 2. The molecule has 5 aliphatic rings. The summed E-state index contributed by atoms with van der Waals surface area (Å²) >= 11 is 0. The van der Waals surface area contributed by atoms with Crippen molar-refractivity contribution in [3.8, 4) is 11.5 Å². The minimum Gasteiger partial charge on any atom is -0.454 e. The van der Waals surface area contributed by atoms with E-state index in [1.54, 1.807) is 18.2 Å². The summed E-state index contributed by atoms with van der Waals surface area (Å²) in [5, 5.41) is 0. The van der Waals surface area contributed by atoms with Crippen molar-refractivity contribution < 1.29 is 19.1 Å². The van der Waals surface area contributed by atoms with Crippen LogP contribution in [-0.2, 0) is 15.0 Å². The Morgan fingerprint density at radius 3 is 2.22 bits per heavy atom. The van der Waals surface area contributed by atoms with Crippen molar-refractivity contribution in [2.45, 2.75) is 24.7 Å². The third-order valence-electron chi connectivity index (χ3n) is 7.97. The van der Waals surface area contributed by atoms with Gasteiger partial charge in [-0.05, 0) is 40.8 Å². The summed E-state index contributed by atoms with van der Waals surface area (Å²) in [6.07, 6.45) is 0.753. The molecule has 2 amide bonds. The summed E-state index contributed by atoms with van der Waals surface area (Å²) < 4.78 is 10.9. The second kappa shape index (κ2) is 6.00. The van der Waals surface area contributed by atoms with E-state index < -0.39 is 17.3 Å². The number of hydrogen-bond acceptors (Lipinski definition) is 4. The van der Waals surface area contributed by atoms with E-state index in [1.165, 1.54) is 27.2 Å². The first kappa shape index (κ1) is 18.0. The predicted octanol–water partition coefficient (Wildman–Crippen LogP) is 4.38. The summed E-state index contributed by atoms with van der Waals surface area (Å²) in [6.45, 7) is 2.29. The molecule has 0 aromatic heterocycles. The van der Waals surface area contributed by atoms with Crippen LogP contribution < -0.4 is 14.4 Å². The molecule has 158 valence electrons. The number of hydrogen-bond donors (Lipinski definition) is 0. The third-order valence-corrected chi connectivity index (χ3v) is 7.97. The lowest BCUT2D eigenvalue weighted by molar-refractivity contribution is -0.123. The van der Waals surface area contributed by atoms with Crippen molar-refractivity contribution in [1.29, 1.82) is 0 Å². The second-order valence-electron chi connectivity index (χ2n) is 9.03. The zero-order valence-electron chi connectivity index (χ0n) is 17.6. The largest absolute Gasteiger partial charge is 0.454 e. The van der Waals surface area contributed by atoms with Crippen LogP contribution in [0.3, 0.4) is 0 Å². The van der Waals surface area contributed by atoms with Gasteiger partial charge < -0.3 is 9.47 Å². The van der Waals surface area contributed by atoms with Gasteiger partial charge in [0.25, 0.3) is 0 Å². The fourth-order valence-electron chi connectivity index (χ4n) is 6.81. The van der Waals surface area contributed by atoms with Crippen molar-refractivity contribution in [1.82, 2.24) is 0 Å². The monoisotopic (exact) mass is 423 g/mol. The summed E-state index contributed by atoms with van der Waals surface area (Å²) in [4.78, 5) is 29.4. The Labute approximate surface area is 185 Å². The van der Waals surface area contributed by atoms with E-state index in [0.29, 0.717) is 17.2 Å². The van der Waals surface area contributed by atoms with Gasteiger partial charge >= 0.3 is 0 Å². The van der Waals surface area contributed by atoms with Gasteiger partial charge in [-0.15, -0.1) is 0 Å².